The second kappa shape index (κ2) is 5.11. The minimum Gasteiger partial charge on any atom is -0.493 e. The highest BCUT2D eigenvalue weighted by molar-refractivity contribution is 5.66. The van der Waals surface area contributed by atoms with Crippen LogP contribution >= 0.6 is 0 Å². The molecule has 0 unspecified atom stereocenters. The van der Waals surface area contributed by atoms with Crippen molar-refractivity contribution < 1.29 is 14.6 Å². The lowest BCUT2D eigenvalue weighted by atomic mass is 10.3. The zero-order valence-electron chi connectivity index (χ0n) is 8.98. The number of ether oxygens (including phenoxy) is 1. The zero-order valence-corrected chi connectivity index (χ0v) is 8.98. The second-order valence-corrected chi connectivity index (χ2v) is 3.33. The Morgan fingerprint density at radius 1 is 1.35 bits per heavy atom. The van der Waals surface area contributed by atoms with E-state index in [1.807, 2.05) is 12.1 Å². The number of aliphatic carboxylic acids is 1. The predicted molar refractivity (Wildman–Crippen MR) is 59.1 cm³/mol. The van der Waals surface area contributed by atoms with E-state index < -0.39 is 5.97 Å². The van der Waals surface area contributed by atoms with Gasteiger partial charge in [0.05, 0.1) is 18.7 Å². The lowest BCUT2D eigenvalue weighted by molar-refractivity contribution is -0.137. The first-order valence-corrected chi connectivity index (χ1v) is 5.05. The van der Waals surface area contributed by atoms with Gasteiger partial charge in [-0.1, -0.05) is 0 Å². The molecule has 2 aromatic rings. The Hall–Kier alpha value is -2.37. The molecular formula is C11H11N3O3. The predicted octanol–water partition coefficient (Wildman–Crippen LogP) is 1.12. The lowest BCUT2D eigenvalue weighted by Gasteiger charge is -2.05. The molecule has 17 heavy (non-hydrogen) atoms. The summed E-state index contributed by atoms with van der Waals surface area (Å²) < 4.78 is 6.89. The van der Waals surface area contributed by atoms with Gasteiger partial charge in [0.25, 0.3) is 0 Å². The molecule has 1 heterocycles. The number of aromatic nitrogens is 3. The van der Waals surface area contributed by atoms with Gasteiger partial charge in [-0.25, -0.2) is 9.67 Å². The molecule has 0 radical (unpaired) electrons. The van der Waals surface area contributed by atoms with Crippen LogP contribution in [0.1, 0.15) is 6.42 Å². The zero-order chi connectivity index (χ0) is 12.1. The van der Waals surface area contributed by atoms with Gasteiger partial charge >= 0.3 is 5.97 Å². The van der Waals surface area contributed by atoms with Crippen LogP contribution in [0.2, 0.25) is 0 Å². The Kier molecular flexibility index (Phi) is 3.34. The van der Waals surface area contributed by atoms with E-state index in [0.29, 0.717) is 5.75 Å². The molecule has 0 saturated carbocycles. The summed E-state index contributed by atoms with van der Waals surface area (Å²) in [4.78, 5) is 14.1. The minimum atomic E-state index is -0.871. The van der Waals surface area contributed by atoms with Gasteiger partial charge in [-0.2, -0.15) is 5.10 Å². The van der Waals surface area contributed by atoms with Crippen LogP contribution in [0.15, 0.2) is 36.9 Å². The van der Waals surface area contributed by atoms with Gasteiger partial charge in [-0.05, 0) is 24.3 Å². The topological polar surface area (TPSA) is 77.2 Å². The van der Waals surface area contributed by atoms with Crippen LogP contribution in [0, 0.1) is 0 Å². The number of nitrogens with zero attached hydrogens (tertiary/aromatic N) is 3. The van der Waals surface area contributed by atoms with Gasteiger partial charge in [-0.15, -0.1) is 0 Å². The Morgan fingerprint density at radius 3 is 2.71 bits per heavy atom. The summed E-state index contributed by atoms with van der Waals surface area (Å²) in [5.41, 5.74) is 0.869. The van der Waals surface area contributed by atoms with Gasteiger partial charge in [0.1, 0.15) is 18.4 Å². The van der Waals surface area contributed by atoms with E-state index in [1.165, 1.54) is 6.33 Å². The second-order valence-electron chi connectivity index (χ2n) is 3.33. The highest BCUT2D eigenvalue weighted by atomic mass is 16.5. The average molecular weight is 233 g/mol. The highest BCUT2D eigenvalue weighted by Gasteiger charge is 2.00. The maximum Gasteiger partial charge on any atom is 0.306 e. The fraction of sp³-hybridized carbons (Fsp3) is 0.182. The maximum absolute atomic E-state index is 10.3. The standard InChI is InChI=1S/C11H11N3O3/c15-11(16)5-6-17-10-3-1-9(2-4-10)14-8-12-7-13-14/h1-4,7-8H,5-6H2,(H,15,16). The average Bonchev–Trinajstić information content (AvgIpc) is 2.83. The molecular weight excluding hydrogens is 222 g/mol. The molecule has 0 aliphatic carbocycles. The quantitative estimate of drug-likeness (QED) is 0.837. The smallest absolute Gasteiger partial charge is 0.306 e. The Bertz CT molecular complexity index is 479. The summed E-state index contributed by atoms with van der Waals surface area (Å²) >= 11 is 0. The number of carboxylic acids is 1. The normalized spacial score (nSPS) is 10.1. The Labute approximate surface area is 97.5 Å². The largest absolute Gasteiger partial charge is 0.493 e. The van der Waals surface area contributed by atoms with Crippen molar-refractivity contribution in [3.05, 3.63) is 36.9 Å². The van der Waals surface area contributed by atoms with Crippen molar-refractivity contribution in [3.63, 3.8) is 0 Å². The van der Waals surface area contributed by atoms with Crippen LogP contribution in [-0.4, -0.2) is 32.4 Å². The van der Waals surface area contributed by atoms with Crippen molar-refractivity contribution in [2.45, 2.75) is 6.42 Å². The van der Waals surface area contributed by atoms with Crippen molar-refractivity contribution in [1.29, 1.82) is 0 Å². The van der Waals surface area contributed by atoms with Crippen molar-refractivity contribution in [2.75, 3.05) is 6.61 Å². The van der Waals surface area contributed by atoms with Crippen LogP contribution < -0.4 is 4.74 Å². The van der Waals surface area contributed by atoms with E-state index >= 15 is 0 Å². The first-order chi connectivity index (χ1) is 8.25. The number of rotatable bonds is 5. The number of hydrogen-bond acceptors (Lipinski definition) is 4. The number of hydrogen-bond donors (Lipinski definition) is 1. The molecule has 0 atom stereocenters. The molecule has 0 aliphatic rings. The van der Waals surface area contributed by atoms with Crippen molar-refractivity contribution in [2.24, 2.45) is 0 Å². The third-order valence-corrected chi connectivity index (χ3v) is 2.10. The summed E-state index contributed by atoms with van der Waals surface area (Å²) in [6.45, 7) is 0.165. The third kappa shape index (κ3) is 3.04. The van der Waals surface area contributed by atoms with E-state index in [4.69, 9.17) is 9.84 Å². The van der Waals surface area contributed by atoms with Crippen LogP contribution in [0.4, 0.5) is 0 Å². The van der Waals surface area contributed by atoms with Crippen molar-refractivity contribution in [1.82, 2.24) is 14.8 Å². The number of carboxylic acid groups (broad SMARTS) is 1. The van der Waals surface area contributed by atoms with Crippen LogP contribution in [0.5, 0.6) is 5.75 Å². The molecule has 1 aromatic carbocycles. The number of carbonyl (C=O) groups is 1. The SMILES string of the molecule is O=C(O)CCOc1ccc(-n2cncn2)cc1. The fourth-order valence-corrected chi connectivity index (χ4v) is 1.29. The molecule has 0 saturated heterocycles. The molecule has 1 N–H and O–H groups in total. The van der Waals surface area contributed by atoms with Crippen LogP contribution in [-0.2, 0) is 4.79 Å². The Balaban J connectivity index is 1.96. The third-order valence-electron chi connectivity index (χ3n) is 2.10. The summed E-state index contributed by atoms with van der Waals surface area (Å²) in [5.74, 6) is -0.237. The van der Waals surface area contributed by atoms with Gasteiger partial charge in [0.15, 0.2) is 0 Å². The van der Waals surface area contributed by atoms with E-state index in [9.17, 15) is 4.79 Å². The Morgan fingerprint density at radius 2 is 2.12 bits per heavy atom. The monoisotopic (exact) mass is 233 g/mol. The van der Waals surface area contributed by atoms with Crippen LogP contribution in [0.3, 0.4) is 0 Å². The molecule has 0 aliphatic heterocycles. The molecule has 0 amide bonds. The lowest BCUT2D eigenvalue weighted by Crippen LogP contribution is -2.04. The van der Waals surface area contributed by atoms with Gasteiger partial charge in [-0.3, -0.25) is 4.79 Å². The highest BCUT2D eigenvalue weighted by Crippen LogP contribution is 2.14. The number of benzene rings is 1. The van der Waals surface area contributed by atoms with E-state index in [0.717, 1.165) is 5.69 Å². The first-order valence-electron chi connectivity index (χ1n) is 5.05. The van der Waals surface area contributed by atoms with Gasteiger partial charge in [0, 0.05) is 0 Å². The molecule has 0 spiro atoms. The van der Waals surface area contributed by atoms with Crippen molar-refractivity contribution in [3.8, 4) is 11.4 Å². The molecule has 6 heteroatoms. The summed E-state index contributed by atoms with van der Waals surface area (Å²) in [7, 11) is 0. The summed E-state index contributed by atoms with van der Waals surface area (Å²) in [6.07, 6.45) is 3.04. The maximum atomic E-state index is 10.3. The molecule has 0 bridgehead atoms. The van der Waals surface area contributed by atoms with Crippen molar-refractivity contribution >= 4 is 5.97 Å². The van der Waals surface area contributed by atoms with Crippen LogP contribution in [0.25, 0.3) is 5.69 Å². The summed E-state index contributed by atoms with van der Waals surface area (Å²) in [5, 5.41) is 12.5. The van der Waals surface area contributed by atoms with E-state index in [1.54, 1.807) is 23.1 Å². The minimum absolute atomic E-state index is 0.00910. The van der Waals surface area contributed by atoms with Gasteiger partial charge in [0.2, 0.25) is 0 Å². The first kappa shape index (κ1) is 11.1. The molecule has 88 valence electrons. The molecule has 0 fully saturated rings. The molecule has 2 rings (SSSR count). The summed E-state index contributed by atoms with van der Waals surface area (Å²) in [6, 6.07) is 7.17. The van der Waals surface area contributed by atoms with Gasteiger partial charge < -0.3 is 9.84 Å². The molecule has 1 aromatic heterocycles. The van der Waals surface area contributed by atoms with E-state index in [-0.39, 0.29) is 13.0 Å². The fourth-order valence-electron chi connectivity index (χ4n) is 1.29. The molecule has 6 nitrogen and oxygen atoms in total. The van der Waals surface area contributed by atoms with E-state index in [2.05, 4.69) is 10.1 Å².